The molecule has 3 nitrogen and oxygen atoms in total. The maximum Gasteiger partial charge on any atom is 0.121 e. The summed E-state index contributed by atoms with van der Waals surface area (Å²) < 4.78 is 5.46. The molecule has 0 atom stereocenters. The number of nitrogens with zero attached hydrogens (tertiary/aromatic N) is 2. The first-order valence-corrected chi connectivity index (χ1v) is 5.66. The molecule has 17 heavy (non-hydrogen) atoms. The molecule has 2 aromatic carbocycles. The fourth-order valence-electron chi connectivity index (χ4n) is 1.86. The number of rotatable bonds is 2. The Kier molecular flexibility index (Phi) is 2.37. The van der Waals surface area contributed by atoms with Crippen LogP contribution in [0.4, 0.5) is 0 Å². The SMILES string of the molecule is CCOc1ccc2nc3ccccc3nc2c1. The van der Waals surface area contributed by atoms with E-state index in [1.54, 1.807) is 0 Å². The van der Waals surface area contributed by atoms with E-state index in [0.717, 1.165) is 27.8 Å². The van der Waals surface area contributed by atoms with E-state index in [1.807, 2.05) is 49.4 Å². The summed E-state index contributed by atoms with van der Waals surface area (Å²) in [4.78, 5) is 9.14. The highest BCUT2D eigenvalue weighted by atomic mass is 16.5. The van der Waals surface area contributed by atoms with Gasteiger partial charge in [0.05, 0.1) is 28.7 Å². The topological polar surface area (TPSA) is 35.0 Å². The molecule has 0 aliphatic carbocycles. The summed E-state index contributed by atoms with van der Waals surface area (Å²) in [6.07, 6.45) is 0. The van der Waals surface area contributed by atoms with Gasteiger partial charge in [0, 0.05) is 6.07 Å². The van der Waals surface area contributed by atoms with Crippen LogP contribution in [-0.4, -0.2) is 16.6 Å². The van der Waals surface area contributed by atoms with Gasteiger partial charge in [-0.3, -0.25) is 0 Å². The molecule has 0 saturated heterocycles. The Balaban J connectivity index is 2.25. The lowest BCUT2D eigenvalue weighted by molar-refractivity contribution is 0.340. The summed E-state index contributed by atoms with van der Waals surface area (Å²) in [6.45, 7) is 2.63. The van der Waals surface area contributed by atoms with E-state index in [1.165, 1.54) is 0 Å². The molecule has 0 saturated carbocycles. The van der Waals surface area contributed by atoms with Crippen molar-refractivity contribution in [3.05, 3.63) is 42.5 Å². The number of fused-ring (bicyclic) bond motifs is 2. The van der Waals surface area contributed by atoms with Gasteiger partial charge in [-0.2, -0.15) is 0 Å². The molecule has 0 spiro atoms. The molecule has 0 bridgehead atoms. The van der Waals surface area contributed by atoms with Gasteiger partial charge in [-0.15, -0.1) is 0 Å². The van der Waals surface area contributed by atoms with Crippen LogP contribution in [0.1, 0.15) is 6.92 Å². The molecular formula is C14H12N2O. The second-order valence-corrected chi connectivity index (χ2v) is 3.80. The number of benzene rings is 2. The van der Waals surface area contributed by atoms with Gasteiger partial charge in [-0.25, -0.2) is 9.97 Å². The fraction of sp³-hybridized carbons (Fsp3) is 0.143. The maximum absolute atomic E-state index is 5.46. The Morgan fingerprint density at radius 3 is 2.24 bits per heavy atom. The van der Waals surface area contributed by atoms with Gasteiger partial charge in [-0.05, 0) is 31.2 Å². The lowest BCUT2D eigenvalue weighted by Crippen LogP contribution is -1.92. The summed E-state index contributed by atoms with van der Waals surface area (Å²) >= 11 is 0. The van der Waals surface area contributed by atoms with Gasteiger partial charge in [0.1, 0.15) is 5.75 Å². The largest absolute Gasteiger partial charge is 0.494 e. The van der Waals surface area contributed by atoms with Crippen LogP contribution in [-0.2, 0) is 0 Å². The van der Waals surface area contributed by atoms with Gasteiger partial charge >= 0.3 is 0 Å². The number of aromatic nitrogens is 2. The lowest BCUT2D eigenvalue weighted by Gasteiger charge is -2.04. The van der Waals surface area contributed by atoms with Crippen LogP contribution in [0.15, 0.2) is 42.5 Å². The molecular weight excluding hydrogens is 212 g/mol. The highest BCUT2D eigenvalue weighted by molar-refractivity contribution is 5.86. The highest BCUT2D eigenvalue weighted by Crippen LogP contribution is 2.20. The van der Waals surface area contributed by atoms with Crippen LogP contribution in [0, 0.1) is 0 Å². The third kappa shape index (κ3) is 1.80. The highest BCUT2D eigenvalue weighted by Gasteiger charge is 2.02. The molecule has 0 aliphatic heterocycles. The zero-order chi connectivity index (χ0) is 11.7. The lowest BCUT2D eigenvalue weighted by atomic mass is 10.2. The molecule has 0 amide bonds. The molecule has 3 heteroatoms. The molecule has 0 aliphatic rings. The van der Waals surface area contributed by atoms with Gasteiger partial charge in [0.25, 0.3) is 0 Å². The fourth-order valence-corrected chi connectivity index (χ4v) is 1.86. The minimum absolute atomic E-state index is 0.659. The summed E-state index contributed by atoms with van der Waals surface area (Å²) in [5.41, 5.74) is 3.60. The standard InChI is InChI=1S/C14H12N2O/c1-2-17-10-7-8-13-14(9-10)16-12-6-4-3-5-11(12)15-13/h3-9H,2H2,1H3. The number of hydrogen-bond acceptors (Lipinski definition) is 3. The summed E-state index contributed by atoms with van der Waals surface area (Å²) in [5, 5.41) is 0. The smallest absolute Gasteiger partial charge is 0.121 e. The van der Waals surface area contributed by atoms with Crippen molar-refractivity contribution in [2.75, 3.05) is 6.61 Å². The molecule has 0 fully saturated rings. The van der Waals surface area contributed by atoms with Crippen molar-refractivity contribution in [3.8, 4) is 5.75 Å². The second kappa shape index (κ2) is 4.01. The first-order valence-electron chi connectivity index (χ1n) is 5.66. The molecule has 0 unspecified atom stereocenters. The average molecular weight is 224 g/mol. The molecule has 0 N–H and O–H groups in total. The minimum atomic E-state index is 0.659. The van der Waals surface area contributed by atoms with Gasteiger partial charge in [0.15, 0.2) is 0 Å². The number of hydrogen-bond donors (Lipinski definition) is 0. The van der Waals surface area contributed by atoms with Gasteiger partial charge < -0.3 is 4.74 Å². The number of ether oxygens (including phenoxy) is 1. The van der Waals surface area contributed by atoms with Crippen LogP contribution in [0.5, 0.6) is 5.75 Å². The maximum atomic E-state index is 5.46. The normalized spacial score (nSPS) is 10.9. The quantitative estimate of drug-likeness (QED) is 0.627. The molecule has 1 heterocycles. The third-order valence-corrected chi connectivity index (χ3v) is 2.62. The average Bonchev–Trinajstić information content (AvgIpc) is 2.36. The zero-order valence-corrected chi connectivity index (χ0v) is 9.55. The predicted octanol–water partition coefficient (Wildman–Crippen LogP) is 3.18. The van der Waals surface area contributed by atoms with Crippen molar-refractivity contribution in [3.63, 3.8) is 0 Å². The molecule has 3 rings (SSSR count). The van der Waals surface area contributed by atoms with E-state index in [4.69, 9.17) is 4.74 Å². The van der Waals surface area contributed by atoms with Crippen molar-refractivity contribution in [1.29, 1.82) is 0 Å². The van der Waals surface area contributed by atoms with E-state index in [9.17, 15) is 0 Å². The van der Waals surface area contributed by atoms with E-state index in [-0.39, 0.29) is 0 Å². The summed E-state index contributed by atoms with van der Waals surface area (Å²) in [7, 11) is 0. The van der Waals surface area contributed by atoms with Gasteiger partial charge in [0.2, 0.25) is 0 Å². The van der Waals surface area contributed by atoms with Crippen LogP contribution < -0.4 is 4.74 Å². The van der Waals surface area contributed by atoms with Crippen molar-refractivity contribution in [2.45, 2.75) is 6.92 Å². The Bertz CT molecular complexity index is 679. The first-order chi connectivity index (χ1) is 8.36. The molecule has 84 valence electrons. The third-order valence-electron chi connectivity index (χ3n) is 2.62. The summed E-state index contributed by atoms with van der Waals surface area (Å²) in [5.74, 6) is 0.838. The van der Waals surface area contributed by atoms with E-state index in [0.29, 0.717) is 6.61 Å². The monoisotopic (exact) mass is 224 g/mol. The first kappa shape index (κ1) is 10.0. The Labute approximate surface area is 99.1 Å². The van der Waals surface area contributed by atoms with Crippen molar-refractivity contribution in [1.82, 2.24) is 9.97 Å². The summed E-state index contributed by atoms with van der Waals surface area (Å²) in [6, 6.07) is 13.7. The van der Waals surface area contributed by atoms with Crippen molar-refractivity contribution >= 4 is 22.1 Å². The number of para-hydroxylation sites is 2. The second-order valence-electron chi connectivity index (χ2n) is 3.80. The van der Waals surface area contributed by atoms with Crippen LogP contribution >= 0.6 is 0 Å². The molecule has 1 aromatic heterocycles. The molecule has 0 radical (unpaired) electrons. The molecule has 3 aromatic rings. The van der Waals surface area contributed by atoms with E-state index >= 15 is 0 Å². The van der Waals surface area contributed by atoms with Crippen LogP contribution in [0.2, 0.25) is 0 Å². The predicted molar refractivity (Wildman–Crippen MR) is 68.2 cm³/mol. The van der Waals surface area contributed by atoms with E-state index in [2.05, 4.69) is 9.97 Å². The van der Waals surface area contributed by atoms with Crippen LogP contribution in [0.3, 0.4) is 0 Å². The van der Waals surface area contributed by atoms with Crippen molar-refractivity contribution in [2.24, 2.45) is 0 Å². The van der Waals surface area contributed by atoms with Crippen molar-refractivity contribution < 1.29 is 4.74 Å². The Morgan fingerprint density at radius 2 is 1.53 bits per heavy atom. The minimum Gasteiger partial charge on any atom is -0.494 e. The Morgan fingerprint density at radius 1 is 0.882 bits per heavy atom. The zero-order valence-electron chi connectivity index (χ0n) is 9.55. The van der Waals surface area contributed by atoms with Gasteiger partial charge in [-0.1, -0.05) is 12.1 Å². The van der Waals surface area contributed by atoms with Crippen LogP contribution in [0.25, 0.3) is 22.1 Å². The van der Waals surface area contributed by atoms with E-state index < -0.39 is 0 Å². The Hall–Kier alpha value is -2.16.